The number of para-hydroxylation sites is 1. The van der Waals surface area contributed by atoms with Gasteiger partial charge in [0.15, 0.2) is 0 Å². The van der Waals surface area contributed by atoms with Crippen LogP contribution in [0.1, 0.15) is 30.4 Å². The van der Waals surface area contributed by atoms with E-state index < -0.39 is 0 Å². The molecule has 1 aliphatic rings. The third-order valence-corrected chi connectivity index (χ3v) is 5.35. The van der Waals surface area contributed by atoms with Crippen LogP contribution in [0, 0.1) is 5.92 Å². The molecule has 0 atom stereocenters. The van der Waals surface area contributed by atoms with Crippen LogP contribution in [0.15, 0.2) is 60.8 Å². The van der Waals surface area contributed by atoms with Gasteiger partial charge in [-0.25, -0.2) is 0 Å². The fourth-order valence-electron chi connectivity index (χ4n) is 3.96. The molecule has 2 aromatic carbocycles. The van der Waals surface area contributed by atoms with E-state index in [0.717, 1.165) is 12.5 Å². The van der Waals surface area contributed by atoms with E-state index >= 15 is 0 Å². The monoisotopic (exact) mass is 354 g/mol. The van der Waals surface area contributed by atoms with Gasteiger partial charge in [0, 0.05) is 23.6 Å². The minimum atomic E-state index is 0. The summed E-state index contributed by atoms with van der Waals surface area (Å²) in [5.74, 6) is 0.891. The average molecular weight is 355 g/mol. The molecule has 1 N–H and O–H groups in total. The molecule has 0 amide bonds. The molecule has 0 unspecified atom stereocenters. The SMILES string of the molecule is Cl.c1ccc(Cn2cc(CCC3CCNCC3)c3ccccc32)cc1. The van der Waals surface area contributed by atoms with E-state index in [2.05, 4.69) is 70.7 Å². The van der Waals surface area contributed by atoms with E-state index in [9.17, 15) is 0 Å². The molecule has 1 aromatic heterocycles. The van der Waals surface area contributed by atoms with Crippen LogP contribution in [0.25, 0.3) is 10.9 Å². The zero-order chi connectivity index (χ0) is 16.2. The molecule has 1 aliphatic heterocycles. The molecular weight excluding hydrogens is 328 g/mol. The molecule has 0 spiro atoms. The van der Waals surface area contributed by atoms with Gasteiger partial charge in [0.25, 0.3) is 0 Å². The quantitative estimate of drug-likeness (QED) is 0.678. The second kappa shape index (κ2) is 8.55. The molecule has 0 bridgehead atoms. The number of aryl methyl sites for hydroxylation is 1. The van der Waals surface area contributed by atoms with Crippen LogP contribution in [0.4, 0.5) is 0 Å². The molecule has 132 valence electrons. The largest absolute Gasteiger partial charge is 0.343 e. The molecular formula is C22H27ClN2. The van der Waals surface area contributed by atoms with Crippen LogP contribution < -0.4 is 5.32 Å². The van der Waals surface area contributed by atoms with Crippen LogP contribution in [-0.2, 0) is 13.0 Å². The number of benzene rings is 2. The molecule has 0 aliphatic carbocycles. The van der Waals surface area contributed by atoms with E-state index in [4.69, 9.17) is 0 Å². The first-order valence-electron chi connectivity index (χ1n) is 9.21. The topological polar surface area (TPSA) is 17.0 Å². The molecule has 0 saturated carbocycles. The number of hydrogen-bond donors (Lipinski definition) is 1. The van der Waals surface area contributed by atoms with Crippen molar-refractivity contribution in [2.45, 2.75) is 32.2 Å². The van der Waals surface area contributed by atoms with Crippen LogP contribution in [-0.4, -0.2) is 17.7 Å². The predicted molar refractivity (Wildman–Crippen MR) is 109 cm³/mol. The zero-order valence-electron chi connectivity index (χ0n) is 14.7. The second-order valence-corrected chi connectivity index (χ2v) is 7.02. The smallest absolute Gasteiger partial charge is 0.0486 e. The predicted octanol–water partition coefficient (Wildman–Crippen LogP) is 5.04. The highest BCUT2D eigenvalue weighted by Crippen LogP contribution is 2.26. The van der Waals surface area contributed by atoms with Gasteiger partial charge in [-0.05, 0) is 61.9 Å². The highest BCUT2D eigenvalue weighted by atomic mass is 35.5. The first-order valence-corrected chi connectivity index (χ1v) is 9.21. The van der Waals surface area contributed by atoms with Crippen LogP contribution >= 0.6 is 12.4 Å². The summed E-state index contributed by atoms with van der Waals surface area (Å²) in [6.45, 7) is 3.34. The van der Waals surface area contributed by atoms with Gasteiger partial charge in [-0.15, -0.1) is 12.4 Å². The van der Waals surface area contributed by atoms with Crippen molar-refractivity contribution in [2.75, 3.05) is 13.1 Å². The van der Waals surface area contributed by atoms with Crippen molar-refractivity contribution >= 4 is 23.3 Å². The van der Waals surface area contributed by atoms with E-state index in [-0.39, 0.29) is 12.4 Å². The Kier molecular flexibility index (Phi) is 6.17. The van der Waals surface area contributed by atoms with Crippen LogP contribution in [0.5, 0.6) is 0 Å². The fourth-order valence-corrected chi connectivity index (χ4v) is 3.96. The summed E-state index contributed by atoms with van der Waals surface area (Å²) in [6, 6.07) is 19.6. The second-order valence-electron chi connectivity index (χ2n) is 7.02. The highest BCUT2D eigenvalue weighted by molar-refractivity contribution is 5.85. The highest BCUT2D eigenvalue weighted by Gasteiger charge is 2.15. The van der Waals surface area contributed by atoms with E-state index in [1.165, 1.54) is 60.8 Å². The zero-order valence-corrected chi connectivity index (χ0v) is 15.5. The van der Waals surface area contributed by atoms with Gasteiger partial charge in [-0.1, -0.05) is 48.5 Å². The maximum Gasteiger partial charge on any atom is 0.0486 e. The van der Waals surface area contributed by atoms with Crippen molar-refractivity contribution < 1.29 is 0 Å². The molecule has 1 fully saturated rings. The number of aromatic nitrogens is 1. The Balaban J connectivity index is 0.00000182. The number of hydrogen-bond acceptors (Lipinski definition) is 1. The van der Waals surface area contributed by atoms with Gasteiger partial charge in [0.1, 0.15) is 0 Å². The first kappa shape index (κ1) is 18.0. The van der Waals surface area contributed by atoms with Gasteiger partial charge in [0.05, 0.1) is 0 Å². The number of fused-ring (bicyclic) bond motifs is 1. The number of rotatable bonds is 5. The normalized spacial score (nSPS) is 15.2. The lowest BCUT2D eigenvalue weighted by molar-refractivity contribution is 0.354. The van der Waals surface area contributed by atoms with Crippen molar-refractivity contribution in [3.05, 3.63) is 71.9 Å². The van der Waals surface area contributed by atoms with Gasteiger partial charge >= 0.3 is 0 Å². The molecule has 3 aromatic rings. The fraction of sp³-hybridized carbons (Fsp3) is 0.364. The Hall–Kier alpha value is -1.77. The summed E-state index contributed by atoms with van der Waals surface area (Å²) >= 11 is 0. The van der Waals surface area contributed by atoms with E-state index in [1.807, 2.05) is 0 Å². The van der Waals surface area contributed by atoms with Gasteiger partial charge in [-0.3, -0.25) is 0 Å². The average Bonchev–Trinajstić information content (AvgIpc) is 3.00. The van der Waals surface area contributed by atoms with Crippen molar-refractivity contribution in [1.29, 1.82) is 0 Å². The van der Waals surface area contributed by atoms with E-state index in [0.29, 0.717) is 0 Å². The third-order valence-electron chi connectivity index (χ3n) is 5.35. The Morgan fingerprint density at radius 1 is 0.920 bits per heavy atom. The maximum atomic E-state index is 3.47. The minimum absolute atomic E-state index is 0. The number of piperidine rings is 1. The van der Waals surface area contributed by atoms with E-state index in [1.54, 1.807) is 0 Å². The van der Waals surface area contributed by atoms with Crippen molar-refractivity contribution in [3.63, 3.8) is 0 Å². The summed E-state index contributed by atoms with van der Waals surface area (Å²) in [6.07, 6.45) is 7.58. The number of nitrogens with one attached hydrogen (secondary N) is 1. The molecule has 3 heteroatoms. The van der Waals surface area contributed by atoms with Gasteiger partial charge in [-0.2, -0.15) is 0 Å². The summed E-state index contributed by atoms with van der Waals surface area (Å²) < 4.78 is 2.42. The standard InChI is InChI=1S/C22H26N2.ClH/c1-2-6-19(7-3-1)16-24-17-20(21-8-4-5-9-22(21)24)11-10-18-12-14-23-15-13-18;/h1-9,17-18,23H,10-16H2;1H. The molecule has 1 saturated heterocycles. The molecule has 2 heterocycles. The lowest BCUT2D eigenvalue weighted by Crippen LogP contribution is -2.27. The Morgan fingerprint density at radius 2 is 1.64 bits per heavy atom. The summed E-state index contributed by atoms with van der Waals surface area (Å²) in [4.78, 5) is 0. The Morgan fingerprint density at radius 3 is 2.44 bits per heavy atom. The van der Waals surface area contributed by atoms with Crippen LogP contribution in [0.2, 0.25) is 0 Å². The van der Waals surface area contributed by atoms with Gasteiger partial charge in [0.2, 0.25) is 0 Å². The minimum Gasteiger partial charge on any atom is -0.343 e. The first-order chi connectivity index (χ1) is 11.9. The van der Waals surface area contributed by atoms with Crippen LogP contribution in [0.3, 0.4) is 0 Å². The van der Waals surface area contributed by atoms with Crippen molar-refractivity contribution in [3.8, 4) is 0 Å². The summed E-state index contributed by atoms with van der Waals surface area (Å²) in [7, 11) is 0. The molecule has 2 nitrogen and oxygen atoms in total. The number of nitrogens with zero attached hydrogens (tertiary/aromatic N) is 1. The number of halogens is 1. The van der Waals surface area contributed by atoms with Crippen molar-refractivity contribution in [2.24, 2.45) is 5.92 Å². The van der Waals surface area contributed by atoms with Crippen molar-refractivity contribution in [1.82, 2.24) is 9.88 Å². The molecule has 25 heavy (non-hydrogen) atoms. The third kappa shape index (κ3) is 4.26. The Bertz CT molecular complexity index is 788. The lowest BCUT2D eigenvalue weighted by Gasteiger charge is -2.22. The molecule has 0 radical (unpaired) electrons. The summed E-state index contributed by atoms with van der Waals surface area (Å²) in [5.41, 5.74) is 4.24. The van der Waals surface area contributed by atoms with Gasteiger partial charge < -0.3 is 9.88 Å². The maximum absolute atomic E-state index is 3.47. The molecule has 4 rings (SSSR count). The lowest BCUT2D eigenvalue weighted by atomic mass is 9.91. The summed E-state index contributed by atoms with van der Waals surface area (Å²) in [5, 5.41) is 4.90. The Labute approximate surface area is 156 Å².